The highest BCUT2D eigenvalue weighted by molar-refractivity contribution is 4.75. The second-order valence-corrected chi connectivity index (χ2v) is 10.2. The third-order valence-electron chi connectivity index (χ3n) is 7.23. The quantitative estimate of drug-likeness (QED) is 0.0846. The van der Waals surface area contributed by atoms with Gasteiger partial charge in [-0.2, -0.15) is 0 Å². The Balaban J connectivity index is 4.17. The third kappa shape index (κ3) is 18.3. The van der Waals surface area contributed by atoms with Crippen LogP contribution in [0.5, 0.6) is 0 Å². The number of rotatable bonds is 25. The van der Waals surface area contributed by atoms with E-state index in [1.807, 2.05) is 0 Å². The molecule has 32 heavy (non-hydrogen) atoms. The summed E-state index contributed by atoms with van der Waals surface area (Å²) in [5, 5.41) is 0. The second-order valence-electron chi connectivity index (χ2n) is 10.2. The average molecular weight is 456 g/mol. The van der Waals surface area contributed by atoms with Gasteiger partial charge in [0.05, 0.1) is 12.2 Å². The van der Waals surface area contributed by atoms with Gasteiger partial charge in [-0.05, 0) is 25.7 Å². The molecule has 4 unspecified atom stereocenters. The van der Waals surface area contributed by atoms with E-state index < -0.39 is 0 Å². The maximum Gasteiger partial charge on any atom is 0.0970 e. The highest BCUT2D eigenvalue weighted by Crippen LogP contribution is 2.22. The summed E-state index contributed by atoms with van der Waals surface area (Å²) in [6.45, 7) is 11.2. The molecule has 2 N–H and O–H groups in total. The number of unbranched alkanes of at least 4 members (excludes halogenated alkanes) is 14. The summed E-state index contributed by atoms with van der Waals surface area (Å²) in [5.74, 6) is 0.338. The van der Waals surface area contributed by atoms with E-state index in [0.29, 0.717) is 5.92 Å². The first-order valence-corrected chi connectivity index (χ1v) is 14.7. The van der Waals surface area contributed by atoms with Crippen molar-refractivity contribution in [2.45, 2.75) is 181 Å². The first-order chi connectivity index (χ1) is 15.6. The van der Waals surface area contributed by atoms with Gasteiger partial charge < -0.3 is 5.73 Å². The molecule has 0 heterocycles. The van der Waals surface area contributed by atoms with Crippen molar-refractivity contribution in [1.82, 2.24) is 0 Å². The first-order valence-electron chi connectivity index (χ1n) is 14.7. The van der Waals surface area contributed by atoms with Crippen molar-refractivity contribution in [1.29, 1.82) is 0 Å². The summed E-state index contributed by atoms with van der Waals surface area (Å²) in [6, 6.07) is 0.186. The van der Waals surface area contributed by atoms with Crippen molar-refractivity contribution in [2.24, 2.45) is 11.7 Å². The van der Waals surface area contributed by atoms with Gasteiger partial charge >= 0.3 is 0 Å². The lowest BCUT2D eigenvalue weighted by Gasteiger charge is -2.29. The van der Waals surface area contributed by atoms with E-state index in [1.54, 1.807) is 0 Å². The van der Waals surface area contributed by atoms with Crippen molar-refractivity contribution >= 4 is 0 Å². The number of hydrogen-bond donors (Lipinski definition) is 1. The molecular weight excluding hydrogens is 394 g/mol. The van der Waals surface area contributed by atoms with Crippen LogP contribution in [0, 0.1) is 5.92 Å². The fourth-order valence-electron chi connectivity index (χ4n) is 4.50. The molecule has 0 aromatic carbocycles. The van der Waals surface area contributed by atoms with Crippen LogP contribution in [-0.2, 0) is 9.78 Å². The van der Waals surface area contributed by atoms with Gasteiger partial charge in [0.25, 0.3) is 0 Å². The lowest BCUT2D eigenvalue weighted by atomic mass is 9.91. The zero-order valence-electron chi connectivity index (χ0n) is 22.8. The molecule has 194 valence electrons. The molecule has 0 aliphatic carbocycles. The lowest BCUT2D eigenvalue weighted by molar-refractivity contribution is -0.361. The average Bonchev–Trinajstić information content (AvgIpc) is 2.81. The fourth-order valence-corrected chi connectivity index (χ4v) is 4.50. The van der Waals surface area contributed by atoms with Crippen molar-refractivity contribution < 1.29 is 9.78 Å². The largest absolute Gasteiger partial charge is 0.327 e. The Hall–Kier alpha value is -0.120. The molecule has 0 bridgehead atoms. The molecule has 0 aliphatic rings. The molecule has 0 aromatic heterocycles. The summed E-state index contributed by atoms with van der Waals surface area (Å²) in [7, 11) is 0. The zero-order valence-corrected chi connectivity index (χ0v) is 22.8. The summed E-state index contributed by atoms with van der Waals surface area (Å²) >= 11 is 0. The second kappa shape index (κ2) is 24.0. The van der Waals surface area contributed by atoms with Crippen LogP contribution >= 0.6 is 0 Å². The summed E-state index contributed by atoms with van der Waals surface area (Å²) in [6.07, 6.45) is 26.2. The van der Waals surface area contributed by atoms with E-state index >= 15 is 0 Å². The molecule has 0 fully saturated rings. The maximum absolute atomic E-state index is 6.38. The standard InChI is InChI=1S/C29H61NO2/c1-6-10-12-14-16-18-20-22-24-27(8-3)31-32-29(26(5)28(30)9-4)25-23-21-19-17-15-13-11-7-2/h26-29H,6-25,30H2,1-5H3. The predicted octanol–water partition coefficient (Wildman–Crippen LogP) is 9.52. The Bertz CT molecular complexity index is 363. The number of nitrogens with two attached hydrogens (primary N) is 1. The van der Waals surface area contributed by atoms with Crippen LogP contribution in [0.4, 0.5) is 0 Å². The van der Waals surface area contributed by atoms with Crippen LogP contribution in [-0.4, -0.2) is 18.2 Å². The smallest absolute Gasteiger partial charge is 0.0970 e. The normalized spacial score (nSPS) is 15.6. The van der Waals surface area contributed by atoms with Gasteiger partial charge in [-0.25, -0.2) is 9.78 Å². The third-order valence-corrected chi connectivity index (χ3v) is 7.23. The minimum Gasteiger partial charge on any atom is -0.327 e. The molecule has 0 aromatic rings. The minimum absolute atomic E-state index is 0.123. The van der Waals surface area contributed by atoms with Crippen molar-refractivity contribution in [3.63, 3.8) is 0 Å². The van der Waals surface area contributed by atoms with E-state index in [9.17, 15) is 0 Å². The van der Waals surface area contributed by atoms with Crippen LogP contribution < -0.4 is 5.73 Å². The fraction of sp³-hybridized carbons (Fsp3) is 1.00. The van der Waals surface area contributed by atoms with Gasteiger partial charge in [-0.3, -0.25) is 0 Å². The highest BCUT2D eigenvalue weighted by Gasteiger charge is 2.25. The van der Waals surface area contributed by atoms with Crippen LogP contribution in [0.25, 0.3) is 0 Å². The molecule has 0 aliphatic heterocycles. The molecular formula is C29H61NO2. The Morgan fingerprint density at radius 1 is 0.531 bits per heavy atom. The first kappa shape index (κ1) is 31.9. The van der Waals surface area contributed by atoms with Gasteiger partial charge in [0.1, 0.15) is 0 Å². The van der Waals surface area contributed by atoms with E-state index in [0.717, 1.165) is 25.7 Å². The predicted molar refractivity (Wildman–Crippen MR) is 142 cm³/mol. The molecule has 3 heteroatoms. The molecule has 0 amide bonds. The van der Waals surface area contributed by atoms with Crippen LogP contribution in [0.15, 0.2) is 0 Å². The minimum atomic E-state index is 0.123. The Kier molecular flexibility index (Phi) is 23.9. The van der Waals surface area contributed by atoms with Crippen molar-refractivity contribution in [3.05, 3.63) is 0 Å². The van der Waals surface area contributed by atoms with Gasteiger partial charge in [-0.1, -0.05) is 137 Å². The molecule has 0 spiro atoms. The molecule has 0 saturated carbocycles. The molecule has 0 saturated heterocycles. The zero-order chi connectivity index (χ0) is 23.9. The monoisotopic (exact) mass is 455 g/mol. The van der Waals surface area contributed by atoms with Crippen LogP contribution in [0.2, 0.25) is 0 Å². The summed E-state index contributed by atoms with van der Waals surface area (Å²) in [5.41, 5.74) is 6.38. The Labute approximate surface area is 202 Å². The van der Waals surface area contributed by atoms with Gasteiger partial charge in [0.15, 0.2) is 0 Å². The molecule has 4 atom stereocenters. The highest BCUT2D eigenvalue weighted by atomic mass is 17.2. The molecule has 0 rings (SSSR count). The van der Waals surface area contributed by atoms with E-state index in [-0.39, 0.29) is 18.2 Å². The van der Waals surface area contributed by atoms with Gasteiger partial charge in [0, 0.05) is 12.0 Å². The van der Waals surface area contributed by atoms with E-state index in [2.05, 4.69) is 34.6 Å². The number of hydrogen-bond acceptors (Lipinski definition) is 3. The maximum atomic E-state index is 6.38. The Morgan fingerprint density at radius 2 is 0.969 bits per heavy atom. The van der Waals surface area contributed by atoms with Gasteiger partial charge in [-0.15, -0.1) is 0 Å². The van der Waals surface area contributed by atoms with E-state index in [4.69, 9.17) is 15.5 Å². The molecule has 0 radical (unpaired) electrons. The van der Waals surface area contributed by atoms with Crippen LogP contribution in [0.1, 0.15) is 163 Å². The van der Waals surface area contributed by atoms with Gasteiger partial charge in [0.2, 0.25) is 0 Å². The topological polar surface area (TPSA) is 44.5 Å². The van der Waals surface area contributed by atoms with Crippen molar-refractivity contribution in [3.8, 4) is 0 Å². The van der Waals surface area contributed by atoms with Crippen molar-refractivity contribution in [2.75, 3.05) is 0 Å². The summed E-state index contributed by atoms with van der Waals surface area (Å²) < 4.78 is 0. The van der Waals surface area contributed by atoms with E-state index in [1.165, 1.54) is 103 Å². The SMILES string of the molecule is CCCCCCCCCCC(CC)OOC(CCCCCCCCCC)C(C)C(N)CC. The Morgan fingerprint density at radius 3 is 1.41 bits per heavy atom. The summed E-state index contributed by atoms with van der Waals surface area (Å²) in [4.78, 5) is 12.1. The van der Waals surface area contributed by atoms with Crippen LogP contribution in [0.3, 0.4) is 0 Å². The molecule has 3 nitrogen and oxygen atoms in total. The lowest BCUT2D eigenvalue weighted by Crippen LogP contribution is -2.37.